The van der Waals surface area contributed by atoms with Crippen molar-refractivity contribution in [3.8, 4) is 10.6 Å². The molecule has 2 aromatic heterocycles. The fourth-order valence-electron chi connectivity index (χ4n) is 3.02. The molecule has 3 heterocycles. The minimum absolute atomic E-state index is 0.167. The Balaban J connectivity index is 1.72. The molecule has 0 spiro atoms. The van der Waals surface area contributed by atoms with Gasteiger partial charge in [-0.25, -0.2) is 4.39 Å². The molecular formula is C16H16FN5OS. The van der Waals surface area contributed by atoms with Gasteiger partial charge in [-0.05, 0) is 38.3 Å². The summed E-state index contributed by atoms with van der Waals surface area (Å²) in [5, 5.41) is 12.9. The Bertz CT molecular complexity index is 905. The molecule has 1 fully saturated rings. The standard InChI is InChI=1S/C16H16FN5OS/c1-10-6-4-5-9-21(10)15(23)13-18-19-16-22(13)20-14(24-16)11-7-2-3-8-12(11)17/h2-3,7-8,10H,4-6,9H2,1H3/t10-/m0/s1. The molecule has 0 saturated carbocycles. The highest BCUT2D eigenvalue weighted by Gasteiger charge is 2.29. The summed E-state index contributed by atoms with van der Waals surface area (Å²) in [4.78, 5) is 15.1. The number of rotatable bonds is 2. The number of nitrogens with zero attached hydrogens (tertiary/aromatic N) is 5. The van der Waals surface area contributed by atoms with Crippen molar-refractivity contribution >= 4 is 22.2 Å². The molecule has 0 aliphatic carbocycles. The van der Waals surface area contributed by atoms with Gasteiger partial charge in [0.15, 0.2) is 5.01 Å². The summed E-state index contributed by atoms with van der Waals surface area (Å²) in [6.07, 6.45) is 3.12. The normalized spacial score (nSPS) is 18.2. The van der Waals surface area contributed by atoms with Crippen LogP contribution in [0.25, 0.3) is 15.5 Å². The molecule has 6 nitrogen and oxygen atoms in total. The molecule has 1 saturated heterocycles. The zero-order chi connectivity index (χ0) is 16.7. The van der Waals surface area contributed by atoms with E-state index in [0.717, 1.165) is 25.8 Å². The van der Waals surface area contributed by atoms with Crippen LogP contribution in [0.3, 0.4) is 0 Å². The van der Waals surface area contributed by atoms with Gasteiger partial charge in [0.1, 0.15) is 5.82 Å². The van der Waals surface area contributed by atoms with E-state index in [1.165, 1.54) is 21.9 Å². The van der Waals surface area contributed by atoms with Crippen LogP contribution in [-0.4, -0.2) is 43.2 Å². The van der Waals surface area contributed by atoms with Crippen LogP contribution in [0, 0.1) is 5.82 Å². The van der Waals surface area contributed by atoms with Crippen molar-refractivity contribution < 1.29 is 9.18 Å². The summed E-state index contributed by atoms with van der Waals surface area (Å²) in [7, 11) is 0. The molecule has 124 valence electrons. The van der Waals surface area contributed by atoms with Crippen LogP contribution in [0.5, 0.6) is 0 Å². The Hall–Kier alpha value is -2.35. The molecular weight excluding hydrogens is 329 g/mol. The molecule has 4 rings (SSSR count). The number of hydrogen-bond acceptors (Lipinski definition) is 5. The number of fused-ring (bicyclic) bond motifs is 1. The largest absolute Gasteiger partial charge is 0.333 e. The number of amides is 1. The Morgan fingerprint density at radius 2 is 2.12 bits per heavy atom. The molecule has 0 bridgehead atoms. The van der Waals surface area contributed by atoms with Crippen molar-refractivity contribution in [2.75, 3.05) is 6.54 Å². The first-order valence-corrected chi connectivity index (χ1v) is 8.75. The predicted octanol–water partition coefficient (Wildman–Crippen LogP) is 3.01. The van der Waals surface area contributed by atoms with E-state index in [9.17, 15) is 9.18 Å². The summed E-state index contributed by atoms with van der Waals surface area (Å²) < 4.78 is 15.4. The van der Waals surface area contributed by atoms with Crippen LogP contribution < -0.4 is 0 Å². The second-order valence-electron chi connectivity index (χ2n) is 5.95. The lowest BCUT2D eigenvalue weighted by atomic mass is 10.0. The summed E-state index contributed by atoms with van der Waals surface area (Å²) in [6, 6.07) is 6.62. The highest BCUT2D eigenvalue weighted by Crippen LogP contribution is 2.28. The van der Waals surface area contributed by atoms with Crippen molar-refractivity contribution in [2.24, 2.45) is 0 Å². The van der Waals surface area contributed by atoms with Crippen LogP contribution in [0.15, 0.2) is 24.3 Å². The van der Waals surface area contributed by atoms with Crippen LogP contribution >= 0.6 is 11.3 Å². The molecule has 0 unspecified atom stereocenters. The highest BCUT2D eigenvalue weighted by molar-refractivity contribution is 7.19. The third-order valence-corrected chi connectivity index (χ3v) is 5.28. The van der Waals surface area contributed by atoms with E-state index < -0.39 is 0 Å². The average Bonchev–Trinajstić information content (AvgIpc) is 3.15. The van der Waals surface area contributed by atoms with E-state index in [0.29, 0.717) is 15.5 Å². The van der Waals surface area contributed by atoms with Crippen LogP contribution in [0.4, 0.5) is 4.39 Å². The summed E-state index contributed by atoms with van der Waals surface area (Å²) in [6.45, 7) is 2.76. The van der Waals surface area contributed by atoms with Crippen molar-refractivity contribution in [1.29, 1.82) is 0 Å². The van der Waals surface area contributed by atoms with Gasteiger partial charge < -0.3 is 4.90 Å². The van der Waals surface area contributed by atoms with Crippen LogP contribution in [-0.2, 0) is 0 Å². The van der Waals surface area contributed by atoms with Gasteiger partial charge in [-0.2, -0.15) is 9.61 Å². The average molecular weight is 345 g/mol. The van der Waals surface area contributed by atoms with Gasteiger partial charge in [0, 0.05) is 18.2 Å². The molecule has 8 heteroatoms. The highest BCUT2D eigenvalue weighted by atomic mass is 32.1. The molecule has 1 aliphatic heterocycles. The summed E-state index contributed by atoms with van der Waals surface area (Å²) in [5.74, 6) is -0.322. The number of likely N-dealkylation sites (tertiary alicyclic amines) is 1. The molecule has 3 aromatic rings. The maximum atomic E-state index is 14.0. The van der Waals surface area contributed by atoms with Crippen molar-refractivity contribution in [1.82, 2.24) is 24.7 Å². The van der Waals surface area contributed by atoms with E-state index >= 15 is 0 Å². The maximum absolute atomic E-state index is 14.0. The zero-order valence-electron chi connectivity index (χ0n) is 13.1. The molecule has 24 heavy (non-hydrogen) atoms. The van der Waals surface area contributed by atoms with Crippen molar-refractivity contribution in [2.45, 2.75) is 32.2 Å². The lowest BCUT2D eigenvalue weighted by Gasteiger charge is -2.32. The quantitative estimate of drug-likeness (QED) is 0.716. The Kier molecular flexibility index (Phi) is 3.76. The lowest BCUT2D eigenvalue weighted by Crippen LogP contribution is -2.42. The first kappa shape index (κ1) is 15.2. The SMILES string of the molecule is C[C@H]1CCCCN1C(=O)c1nnc2sc(-c3ccccc3F)nn12. The number of carbonyl (C=O) groups is 1. The molecule has 1 amide bonds. The number of piperidine rings is 1. The second-order valence-corrected chi connectivity index (χ2v) is 6.90. The fourth-order valence-corrected chi connectivity index (χ4v) is 3.89. The van der Waals surface area contributed by atoms with Gasteiger partial charge in [0.25, 0.3) is 5.91 Å². The van der Waals surface area contributed by atoms with Crippen molar-refractivity contribution in [3.63, 3.8) is 0 Å². The summed E-state index contributed by atoms with van der Waals surface area (Å²) in [5.41, 5.74) is 0.401. The van der Waals surface area contributed by atoms with E-state index in [1.54, 1.807) is 18.2 Å². The first-order valence-electron chi connectivity index (χ1n) is 7.93. The van der Waals surface area contributed by atoms with Crippen molar-refractivity contribution in [3.05, 3.63) is 35.9 Å². The number of carbonyl (C=O) groups excluding carboxylic acids is 1. The Labute approximate surface area is 141 Å². The third-order valence-electron chi connectivity index (χ3n) is 4.35. The number of hydrogen-bond donors (Lipinski definition) is 0. The Morgan fingerprint density at radius 1 is 1.29 bits per heavy atom. The van der Waals surface area contributed by atoms with Gasteiger partial charge in [0.05, 0.1) is 0 Å². The monoisotopic (exact) mass is 345 g/mol. The van der Waals surface area contributed by atoms with Gasteiger partial charge in [-0.15, -0.1) is 10.2 Å². The van der Waals surface area contributed by atoms with E-state index in [-0.39, 0.29) is 23.6 Å². The molecule has 1 aliphatic rings. The van der Waals surface area contributed by atoms with Gasteiger partial charge in [-0.3, -0.25) is 4.79 Å². The molecule has 0 radical (unpaired) electrons. The van der Waals surface area contributed by atoms with Crippen LogP contribution in [0.2, 0.25) is 0 Å². The molecule has 1 aromatic carbocycles. The minimum atomic E-state index is -0.347. The van der Waals surface area contributed by atoms with Crippen LogP contribution in [0.1, 0.15) is 36.8 Å². The smallest absolute Gasteiger partial charge is 0.293 e. The lowest BCUT2D eigenvalue weighted by molar-refractivity contribution is 0.0620. The molecule has 0 N–H and O–H groups in total. The maximum Gasteiger partial charge on any atom is 0.293 e. The number of benzene rings is 1. The molecule has 1 atom stereocenters. The zero-order valence-corrected chi connectivity index (χ0v) is 14.0. The first-order chi connectivity index (χ1) is 11.6. The fraction of sp³-hybridized carbons (Fsp3) is 0.375. The Morgan fingerprint density at radius 3 is 2.92 bits per heavy atom. The van der Waals surface area contributed by atoms with Gasteiger partial charge in [-0.1, -0.05) is 23.5 Å². The van der Waals surface area contributed by atoms with E-state index in [4.69, 9.17) is 0 Å². The number of aromatic nitrogens is 4. The minimum Gasteiger partial charge on any atom is -0.333 e. The topological polar surface area (TPSA) is 63.4 Å². The van der Waals surface area contributed by atoms with Gasteiger partial charge in [0.2, 0.25) is 10.8 Å². The predicted molar refractivity (Wildman–Crippen MR) is 88.4 cm³/mol. The van der Waals surface area contributed by atoms with E-state index in [1.807, 2.05) is 11.8 Å². The summed E-state index contributed by atoms with van der Waals surface area (Å²) >= 11 is 1.22. The third kappa shape index (κ3) is 2.47. The second kappa shape index (κ2) is 5.94. The number of halogens is 1. The van der Waals surface area contributed by atoms with Gasteiger partial charge >= 0.3 is 0 Å². The van der Waals surface area contributed by atoms with E-state index in [2.05, 4.69) is 15.3 Å².